The highest BCUT2D eigenvalue weighted by atomic mass is 32.1. The molecule has 0 N–H and O–H groups in total. The first-order chi connectivity index (χ1) is 13.6. The lowest BCUT2D eigenvalue weighted by Crippen LogP contribution is -2.24. The number of benzene rings is 2. The van der Waals surface area contributed by atoms with Crippen molar-refractivity contribution in [3.05, 3.63) is 81.2 Å². The monoisotopic (exact) mass is 387 g/mol. The van der Waals surface area contributed by atoms with E-state index in [4.69, 9.17) is 4.74 Å². The summed E-state index contributed by atoms with van der Waals surface area (Å²) in [6.07, 6.45) is 0. The number of methoxy groups -OCH3 is 1. The van der Waals surface area contributed by atoms with Crippen LogP contribution in [-0.4, -0.2) is 16.7 Å². The molecule has 6 heteroatoms. The summed E-state index contributed by atoms with van der Waals surface area (Å²) in [6.45, 7) is 2.14. The van der Waals surface area contributed by atoms with Gasteiger partial charge in [0.2, 0.25) is 0 Å². The van der Waals surface area contributed by atoms with E-state index in [1.165, 1.54) is 11.3 Å². The van der Waals surface area contributed by atoms with E-state index in [9.17, 15) is 10.1 Å². The molecule has 0 fully saturated rings. The van der Waals surface area contributed by atoms with Gasteiger partial charge >= 0.3 is 0 Å². The van der Waals surface area contributed by atoms with Crippen LogP contribution >= 0.6 is 11.3 Å². The van der Waals surface area contributed by atoms with Crippen molar-refractivity contribution in [3.63, 3.8) is 0 Å². The Morgan fingerprint density at radius 2 is 1.93 bits per heavy atom. The summed E-state index contributed by atoms with van der Waals surface area (Å²) in [4.78, 5) is 18.7. The van der Waals surface area contributed by atoms with Gasteiger partial charge in [-0.2, -0.15) is 5.26 Å². The molecule has 0 saturated heterocycles. The van der Waals surface area contributed by atoms with Gasteiger partial charge in [-0.25, -0.2) is 4.98 Å². The van der Waals surface area contributed by atoms with Crippen molar-refractivity contribution in [3.8, 4) is 22.9 Å². The minimum atomic E-state index is -0.0951. The van der Waals surface area contributed by atoms with Crippen LogP contribution in [0.5, 0.6) is 5.75 Å². The van der Waals surface area contributed by atoms with Crippen molar-refractivity contribution >= 4 is 21.6 Å². The molecule has 138 valence electrons. The lowest BCUT2D eigenvalue weighted by Gasteiger charge is -2.11. The summed E-state index contributed by atoms with van der Waals surface area (Å²) in [5.74, 6) is 1.40. The maximum Gasteiger partial charge on any atom is 0.263 e. The lowest BCUT2D eigenvalue weighted by molar-refractivity contribution is 0.415. The van der Waals surface area contributed by atoms with Gasteiger partial charge in [0.05, 0.1) is 30.7 Å². The molecule has 0 spiro atoms. The second-order valence-electron chi connectivity index (χ2n) is 6.38. The molecule has 0 radical (unpaired) electrons. The molecule has 4 rings (SSSR count). The Hall–Kier alpha value is -3.43. The number of thiophene rings is 1. The van der Waals surface area contributed by atoms with Gasteiger partial charge in [-0.05, 0) is 36.2 Å². The molecule has 0 aliphatic heterocycles. The summed E-state index contributed by atoms with van der Waals surface area (Å²) >= 11 is 1.46. The first-order valence-corrected chi connectivity index (χ1v) is 9.61. The van der Waals surface area contributed by atoms with Gasteiger partial charge in [-0.1, -0.05) is 30.3 Å². The van der Waals surface area contributed by atoms with Crippen LogP contribution in [0, 0.1) is 18.3 Å². The summed E-state index contributed by atoms with van der Waals surface area (Å²) in [7, 11) is 1.62. The maximum absolute atomic E-state index is 13.4. The van der Waals surface area contributed by atoms with Crippen molar-refractivity contribution in [2.24, 2.45) is 0 Å². The van der Waals surface area contributed by atoms with Crippen LogP contribution in [0.3, 0.4) is 0 Å². The SMILES string of the molecule is COc1ccc(-c2csc3nc(C)n(Cc4ccccc4C#N)c(=O)c23)cc1. The molecule has 0 aliphatic carbocycles. The highest BCUT2D eigenvalue weighted by Gasteiger charge is 2.16. The molecular formula is C22H17N3O2S. The second kappa shape index (κ2) is 7.29. The largest absolute Gasteiger partial charge is 0.497 e. The second-order valence-corrected chi connectivity index (χ2v) is 7.24. The molecule has 0 bridgehead atoms. The van der Waals surface area contributed by atoms with Crippen LogP contribution in [0.4, 0.5) is 0 Å². The molecule has 2 heterocycles. The van der Waals surface area contributed by atoms with Gasteiger partial charge in [-0.3, -0.25) is 9.36 Å². The zero-order valence-electron chi connectivity index (χ0n) is 15.5. The molecule has 4 aromatic rings. The molecule has 5 nitrogen and oxygen atoms in total. The number of hydrogen-bond donors (Lipinski definition) is 0. The van der Waals surface area contributed by atoms with E-state index in [0.717, 1.165) is 27.3 Å². The predicted molar refractivity (Wildman–Crippen MR) is 111 cm³/mol. The maximum atomic E-state index is 13.4. The van der Waals surface area contributed by atoms with Crippen LogP contribution in [0.2, 0.25) is 0 Å². The average molecular weight is 387 g/mol. The molecule has 0 unspecified atom stereocenters. The van der Waals surface area contributed by atoms with Crippen LogP contribution in [-0.2, 0) is 6.54 Å². The van der Waals surface area contributed by atoms with Crippen molar-refractivity contribution in [1.82, 2.24) is 9.55 Å². The molecule has 28 heavy (non-hydrogen) atoms. The number of nitriles is 1. The summed E-state index contributed by atoms with van der Waals surface area (Å²) in [6, 6.07) is 17.1. The molecule has 0 saturated carbocycles. The fourth-order valence-corrected chi connectivity index (χ4v) is 4.22. The van der Waals surface area contributed by atoms with E-state index in [-0.39, 0.29) is 5.56 Å². The number of hydrogen-bond acceptors (Lipinski definition) is 5. The number of fused-ring (bicyclic) bond motifs is 1. The molecule has 0 aliphatic rings. The highest BCUT2D eigenvalue weighted by Crippen LogP contribution is 2.32. The first kappa shape index (κ1) is 18.0. The van der Waals surface area contributed by atoms with Gasteiger partial charge in [0.1, 0.15) is 16.4 Å². The van der Waals surface area contributed by atoms with E-state index in [1.54, 1.807) is 17.7 Å². The Morgan fingerprint density at radius 1 is 1.18 bits per heavy atom. The predicted octanol–water partition coefficient (Wildman–Crippen LogP) is 4.36. The standard InChI is InChI=1S/C22H17N3O2S/c1-14-24-21-20(19(13-28-21)15-7-9-18(27-2)10-8-15)22(26)25(14)12-17-6-4-3-5-16(17)11-23/h3-10,13H,12H2,1-2H3. The van der Waals surface area contributed by atoms with Gasteiger partial charge in [-0.15, -0.1) is 11.3 Å². The van der Waals surface area contributed by atoms with E-state index in [2.05, 4.69) is 11.1 Å². The van der Waals surface area contributed by atoms with Gasteiger partial charge in [0.15, 0.2) is 0 Å². The Kier molecular flexibility index (Phi) is 4.68. The summed E-state index contributed by atoms with van der Waals surface area (Å²) in [5, 5.41) is 11.9. The Morgan fingerprint density at radius 3 is 2.64 bits per heavy atom. The normalized spacial score (nSPS) is 10.8. The average Bonchev–Trinajstić information content (AvgIpc) is 3.15. The highest BCUT2D eigenvalue weighted by molar-refractivity contribution is 7.17. The minimum absolute atomic E-state index is 0.0951. The Bertz CT molecular complexity index is 1260. The Labute approximate surface area is 166 Å². The van der Waals surface area contributed by atoms with Crippen LogP contribution in [0.15, 0.2) is 58.7 Å². The van der Waals surface area contributed by atoms with E-state index < -0.39 is 0 Å². The summed E-state index contributed by atoms with van der Waals surface area (Å²) < 4.78 is 6.86. The minimum Gasteiger partial charge on any atom is -0.497 e. The van der Waals surface area contributed by atoms with Gasteiger partial charge < -0.3 is 4.74 Å². The smallest absolute Gasteiger partial charge is 0.263 e. The summed E-state index contributed by atoms with van der Waals surface area (Å²) in [5.41, 5.74) is 3.08. The zero-order valence-corrected chi connectivity index (χ0v) is 16.3. The third-order valence-corrected chi connectivity index (χ3v) is 5.62. The fraction of sp³-hybridized carbons (Fsp3) is 0.136. The third-order valence-electron chi connectivity index (χ3n) is 4.75. The van der Waals surface area contributed by atoms with Crippen molar-refractivity contribution in [1.29, 1.82) is 5.26 Å². The number of nitrogens with zero attached hydrogens (tertiary/aromatic N) is 3. The van der Waals surface area contributed by atoms with Crippen LogP contribution < -0.4 is 10.3 Å². The van der Waals surface area contributed by atoms with Gasteiger partial charge in [0.25, 0.3) is 5.56 Å². The number of aryl methyl sites for hydroxylation is 1. The number of ether oxygens (including phenoxy) is 1. The zero-order chi connectivity index (χ0) is 19.7. The third kappa shape index (κ3) is 3.06. The van der Waals surface area contributed by atoms with E-state index in [1.807, 2.05) is 54.8 Å². The van der Waals surface area contributed by atoms with E-state index >= 15 is 0 Å². The van der Waals surface area contributed by atoms with Crippen molar-refractivity contribution in [2.75, 3.05) is 7.11 Å². The van der Waals surface area contributed by atoms with Crippen LogP contribution in [0.1, 0.15) is 17.0 Å². The molecule has 0 amide bonds. The quantitative estimate of drug-likeness (QED) is 0.522. The number of rotatable bonds is 4. The van der Waals surface area contributed by atoms with Crippen LogP contribution in [0.25, 0.3) is 21.3 Å². The van der Waals surface area contributed by atoms with E-state index in [0.29, 0.717) is 23.3 Å². The Balaban J connectivity index is 1.87. The molecular weight excluding hydrogens is 370 g/mol. The first-order valence-electron chi connectivity index (χ1n) is 8.73. The van der Waals surface area contributed by atoms with Crippen molar-refractivity contribution < 1.29 is 4.74 Å². The fourth-order valence-electron chi connectivity index (χ4n) is 3.23. The number of aromatic nitrogens is 2. The molecule has 0 atom stereocenters. The van der Waals surface area contributed by atoms with Gasteiger partial charge in [0, 0.05) is 10.9 Å². The molecule has 2 aromatic heterocycles. The topological polar surface area (TPSA) is 67.9 Å². The lowest BCUT2D eigenvalue weighted by atomic mass is 10.1. The molecule has 2 aromatic carbocycles. The van der Waals surface area contributed by atoms with Crippen molar-refractivity contribution in [2.45, 2.75) is 13.5 Å².